The fourth-order valence-corrected chi connectivity index (χ4v) is 6.13. The molecule has 0 aromatic heterocycles. The van der Waals surface area contributed by atoms with Crippen LogP contribution in [0.5, 0.6) is 0 Å². The first-order valence-electron chi connectivity index (χ1n) is 20.3. The minimum atomic E-state index is -0.763. The van der Waals surface area contributed by atoms with Crippen LogP contribution in [0, 0.1) is 11.8 Å². The summed E-state index contributed by atoms with van der Waals surface area (Å²) < 4.78 is 10.6. The van der Waals surface area contributed by atoms with E-state index < -0.39 is 6.10 Å². The number of aliphatic hydroxyl groups is 1. The average molecular weight is 653 g/mol. The van der Waals surface area contributed by atoms with E-state index in [4.69, 9.17) is 9.47 Å². The second kappa shape index (κ2) is 35.2. The van der Waals surface area contributed by atoms with Gasteiger partial charge < -0.3 is 14.6 Å². The van der Waals surface area contributed by atoms with Crippen molar-refractivity contribution in [1.29, 1.82) is 0 Å². The number of aliphatic hydroxyl groups excluding tert-OH is 1. The van der Waals surface area contributed by atoms with Gasteiger partial charge in [-0.1, -0.05) is 195 Å². The van der Waals surface area contributed by atoms with Crippen LogP contribution in [0.25, 0.3) is 0 Å². The highest BCUT2D eigenvalue weighted by molar-refractivity contribution is 5.70. The van der Waals surface area contributed by atoms with Gasteiger partial charge in [0.1, 0.15) is 6.61 Å². The fourth-order valence-electron chi connectivity index (χ4n) is 6.13. The van der Waals surface area contributed by atoms with Gasteiger partial charge >= 0.3 is 11.9 Å². The average Bonchev–Trinajstić information content (AvgIpc) is 3.04. The lowest BCUT2D eigenvalue weighted by atomic mass is 9.99. The molecule has 0 radical (unpaired) electrons. The van der Waals surface area contributed by atoms with E-state index in [9.17, 15) is 14.7 Å². The van der Waals surface area contributed by atoms with Crippen LogP contribution in [0.1, 0.15) is 220 Å². The summed E-state index contributed by atoms with van der Waals surface area (Å²) in [6.07, 6.45) is 35.9. The van der Waals surface area contributed by atoms with Crippen molar-refractivity contribution in [2.24, 2.45) is 11.8 Å². The lowest BCUT2D eigenvalue weighted by Crippen LogP contribution is -2.28. The molecule has 0 bridgehead atoms. The molecule has 0 aliphatic heterocycles. The molecule has 2 atom stereocenters. The first kappa shape index (κ1) is 44.9. The number of unbranched alkanes of at least 4 members (excludes halogenated alkanes) is 23. The standard InChI is InChI=1S/C41H80O5/c1-5-38(4)32-28-24-20-16-12-8-6-7-9-13-17-21-25-29-33-40(43)45-36-39(35-42)46-41(44)34-30-26-22-18-14-10-11-15-19-23-27-31-37(2)3/h37-39,42H,5-36H2,1-4H3/t38?,39-/m0/s1. The van der Waals surface area contributed by atoms with Gasteiger partial charge in [-0.25, -0.2) is 0 Å². The van der Waals surface area contributed by atoms with E-state index in [2.05, 4.69) is 27.7 Å². The molecule has 5 heteroatoms. The molecule has 5 nitrogen and oxygen atoms in total. The van der Waals surface area contributed by atoms with Crippen molar-refractivity contribution < 1.29 is 24.2 Å². The Kier molecular flexibility index (Phi) is 34.4. The van der Waals surface area contributed by atoms with E-state index >= 15 is 0 Å². The Morgan fingerprint density at radius 2 is 0.848 bits per heavy atom. The minimum Gasteiger partial charge on any atom is -0.462 e. The maximum Gasteiger partial charge on any atom is 0.306 e. The first-order valence-corrected chi connectivity index (χ1v) is 20.3. The topological polar surface area (TPSA) is 72.8 Å². The van der Waals surface area contributed by atoms with E-state index in [0.29, 0.717) is 12.8 Å². The maximum absolute atomic E-state index is 12.2. The van der Waals surface area contributed by atoms with Crippen molar-refractivity contribution >= 4 is 11.9 Å². The number of ether oxygens (including phenoxy) is 2. The van der Waals surface area contributed by atoms with Gasteiger partial charge in [0.15, 0.2) is 6.10 Å². The number of esters is 2. The lowest BCUT2D eigenvalue weighted by molar-refractivity contribution is -0.161. The molecule has 0 fully saturated rings. The molecule has 0 saturated carbocycles. The summed E-state index contributed by atoms with van der Waals surface area (Å²) in [5.41, 5.74) is 0. The summed E-state index contributed by atoms with van der Waals surface area (Å²) in [4.78, 5) is 24.3. The normalized spacial score (nSPS) is 12.8. The van der Waals surface area contributed by atoms with E-state index in [1.54, 1.807) is 0 Å². The van der Waals surface area contributed by atoms with Crippen molar-refractivity contribution in [2.75, 3.05) is 13.2 Å². The lowest BCUT2D eigenvalue weighted by Gasteiger charge is -2.15. The number of carbonyl (C=O) groups excluding carboxylic acids is 2. The molecule has 46 heavy (non-hydrogen) atoms. The highest BCUT2D eigenvalue weighted by Crippen LogP contribution is 2.17. The van der Waals surface area contributed by atoms with Gasteiger partial charge in [0, 0.05) is 12.8 Å². The minimum absolute atomic E-state index is 0.0585. The summed E-state index contributed by atoms with van der Waals surface area (Å²) in [7, 11) is 0. The third-order valence-electron chi connectivity index (χ3n) is 9.62. The molecule has 1 unspecified atom stereocenters. The van der Waals surface area contributed by atoms with Crippen LogP contribution < -0.4 is 0 Å². The summed E-state index contributed by atoms with van der Waals surface area (Å²) in [5.74, 6) is 1.16. The molecule has 0 saturated heterocycles. The molecule has 1 N–H and O–H groups in total. The zero-order chi connectivity index (χ0) is 33.9. The van der Waals surface area contributed by atoms with E-state index in [0.717, 1.165) is 43.9 Å². The zero-order valence-electron chi connectivity index (χ0n) is 31.4. The molecule has 274 valence electrons. The summed E-state index contributed by atoms with van der Waals surface area (Å²) >= 11 is 0. The van der Waals surface area contributed by atoms with Crippen molar-refractivity contribution in [3.63, 3.8) is 0 Å². The van der Waals surface area contributed by atoms with Crippen molar-refractivity contribution in [3.05, 3.63) is 0 Å². The largest absolute Gasteiger partial charge is 0.462 e. The Hall–Kier alpha value is -1.10. The van der Waals surface area contributed by atoms with Gasteiger partial charge in [-0.15, -0.1) is 0 Å². The Morgan fingerprint density at radius 3 is 1.22 bits per heavy atom. The third-order valence-corrected chi connectivity index (χ3v) is 9.62. The molecule has 0 aliphatic rings. The predicted molar refractivity (Wildman–Crippen MR) is 196 cm³/mol. The van der Waals surface area contributed by atoms with Crippen molar-refractivity contribution in [1.82, 2.24) is 0 Å². The maximum atomic E-state index is 12.2. The number of carbonyl (C=O) groups is 2. The summed E-state index contributed by atoms with van der Waals surface area (Å²) in [6.45, 7) is 8.89. The molecular weight excluding hydrogens is 572 g/mol. The second-order valence-electron chi connectivity index (χ2n) is 14.8. The van der Waals surface area contributed by atoms with Crippen LogP contribution >= 0.6 is 0 Å². The first-order chi connectivity index (χ1) is 22.4. The van der Waals surface area contributed by atoms with Crippen LogP contribution in [0.2, 0.25) is 0 Å². The van der Waals surface area contributed by atoms with Crippen LogP contribution in [0.15, 0.2) is 0 Å². The van der Waals surface area contributed by atoms with Crippen molar-refractivity contribution in [2.45, 2.75) is 226 Å². The van der Waals surface area contributed by atoms with Crippen LogP contribution in [0.3, 0.4) is 0 Å². The molecule has 0 aromatic carbocycles. The van der Waals surface area contributed by atoms with Crippen LogP contribution in [0.4, 0.5) is 0 Å². The smallest absolute Gasteiger partial charge is 0.306 e. The number of hydrogen-bond acceptors (Lipinski definition) is 5. The van der Waals surface area contributed by atoms with Crippen LogP contribution in [-0.2, 0) is 19.1 Å². The van der Waals surface area contributed by atoms with Gasteiger partial charge in [-0.3, -0.25) is 9.59 Å². The van der Waals surface area contributed by atoms with Gasteiger partial charge in [0.05, 0.1) is 6.61 Å². The SMILES string of the molecule is CCC(C)CCCCCCCCCCCCCCCCC(=O)OC[C@H](CO)OC(=O)CCCCCCCCCCCCCC(C)C. The van der Waals surface area contributed by atoms with Crippen molar-refractivity contribution in [3.8, 4) is 0 Å². The van der Waals surface area contributed by atoms with Crippen LogP contribution in [-0.4, -0.2) is 36.4 Å². The molecule has 0 aliphatic carbocycles. The van der Waals surface area contributed by atoms with E-state index in [1.807, 2.05) is 0 Å². The van der Waals surface area contributed by atoms with Gasteiger partial charge in [-0.05, 0) is 24.7 Å². The predicted octanol–water partition coefficient (Wildman–Crippen LogP) is 12.4. The highest BCUT2D eigenvalue weighted by atomic mass is 16.6. The Morgan fingerprint density at radius 1 is 0.500 bits per heavy atom. The summed E-state index contributed by atoms with van der Waals surface area (Å²) in [6, 6.07) is 0. The number of hydrogen-bond donors (Lipinski definition) is 1. The van der Waals surface area contributed by atoms with Gasteiger partial charge in [0.2, 0.25) is 0 Å². The molecule has 0 aromatic rings. The quantitative estimate of drug-likeness (QED) is 0.0538. The molecule has 0 heterocycles. The zero-order valence-corrected chi connectivity index (χ0v) is 31.4. The second-order valence-corrected chi connectivity index (χ2v) is 14.8. The Labute approximate surface area is 287 Å². The molecular formula is C41H80O5. The fraction of sp³-hybridized carbons (Fsp3) is 0.951. The monoisotopic (exact) mass is 653 g/mol. The summed E-state index contributed by atoms with van der Waals surface area (Å²) in [5, 5.41) is 9.55. The molecule has 0 amide bonds. The Balaban J connectivity index is 3.50. The highest BCUT2D eigenvalue weighted by Gasteiger charge is 2.16. The Bertz CT molecular complexity index is 649. The van der Waals surface area contributed by atoms with Gasteiger partial charge in [-0.2, -0.15) is 0 Å². The molecule has 0 rings (SSSR count). The third kappa shape index (κ3) is 34.2. The number of rotatable bonds is 36. The van der Waals surface area contributed by atoms with Gasteiger partial charge in [0.25, 0.3) is 0 Å². The van der Waals surface area contributed by atoms with E-state index in [-0.39, 0.29) is 25.2 Å². The van der Waals surface area contributed by atoms with E-state index in [1.165, 1.54) is 148 Å². The molecule has 0 spiro atoms.